The summed E-state index contributed by atoms with van der Waals surface area (Å²) >= 11 is 0. The molecule has 0 radical (unpaired) electrons. The maximum absolute atomic E-state index is 12.9. The Bertz CT molecular complexity index is 701. The number of amides is 2. The summed E-state index contributed by atoms with van der Waals surface area (Å²) in [6.07, 6.45) is 3.37. The van der Waals surface area contributed by atoms with Gasteiger partial charge in [-0.05, 0) is 55.4 Å². The van der Waals surface area contributed by atoms with Crippen LogP contribution >= 0.6 is 0 Å². The van der Waals surface area contributed by atoms with Crippen molar-refractivity contribution < 1.29 is 18.7 Å². The van der Waals surface area contributed by atoms with Crippen LogP contribution in [-0.4, -0.2) is 60.4 Å². The van der Waals surface area contributed by atoms with Gasteiger partial charge in [-0.2, -0.15) is 0 Å². The largest absolute Gasteiger partial charge is 0.484 e. The Hall–Kier alpha value is -2.15. The SMILES string of the molecule is NC1C2CCC(C2)C1C(=O)N1CCN(C(=O)COc2ccc(F)cc2)CC1. The fourth-order valence-electron chi connectivity index (χ4n) is 4.86. The number of benzene rings is 1. The second-order valence-corrected chi connectivity index (χ2v) is 7.89. The second-order valence-electron chi connectivity index (χ2n) is 7.89. The predicted octanol–water partition coefficient (Wildman–Crippen LogP) is 1.25. The molecule has 2 N–H and O–H groups in total. The second kappa shape index (κ2) is 7.46. The van der Waals surface area contributed by atoms with Gasteiger partial charge in [0.2, 0.25) is 5.91 Å². The summed E-state index contributed by atoms with van der Waals surface area (Å²) in [4.78, 5) is 28.8. The molecule has 1 aromatic rings. The number of nitrogens with two attached hydrogens (primary N) is 1. The topological polar surface area (TPSA) is 75.9 Å². The molecule has 2 amide bonds. The van der Waals surface area contributed by atoms with Crippen LogP contribution in [0.15, 0.2) is 24.3 Å². The van der Waals surface area contributed by atoms with E-state index in [-0.39, 0.29) is 36.2 Å². The predicted molar refractivity (Wildman–Crippen MR) is 97.4 cm³/mol. The molecule has 1 aromatic carbocycles. The molecule has 2 bridgehead atoms. The van der Waals surface area contributed by atoms with Crippen LogP contribution in [0, 0.1) is 23.6 Å². The van der Waals surface area contributed by atoms with Crippen LogP contribution in [0.4, 0.5) is 4.39 Å². The van der Waals surface area contributed by atoms with Gasteiger partial charge in [0.05, 0.1) is 5.92 Å². The van der Waals surface area contributed by atoms with Gasteiger partial charge in [-0.25, -0.2) is 4.39 Å². The molecule has 2 aliphatic carbocycles. The summed E-state index contributed by atoms with van der Waals surface area (Å²) in [5.74, 6) is 1.09. The van der Waals surface area contributed by atoms with Crippen LogP contribution in [0.1, 0.15) is 19.3 Å². The van der Waals surface area contributed by atoms with Crippen molar-refractivity contribution in [1.29, 1.82) is 0 Å². The van der Waals surface area contributed by atoms with Gasteiger partial charge in [0.1, 0.15) is 11.6 Å². The lowest BCUT2D eigenvalue weighted by Gasteiger charge is -2.38. The number of nitrogens with zero attached hydrogens (tertiary/aromatic N) is 2. The van der Waals surface area contributed by atoms with Crippen LogP contribution in [0.2, 0.25) is 0 Å². The van der Waals surface area contributed by atoms with E-state index >= 15 is 0 Å². The van der Waals surface area contributed by atoms with Crippen molar-refractivity contribution in [3.05, 3.63) is 30.1 Å². The van der Waals surface area contributed by atoms with Crippen molar-refractivity contribution >= 4 is 11.8 Å². The number of piperazine rings is 1. The number of rotatable bonds is 4. The molecule has 0 aromatic heterocycles. The molecule has 7 heteroatoms. The standard InChI is InChI=1S/C20H26FN3O3/c21-15-3-5-16(6-4-15)27-12-17(25)23-7-9-24(10-8-23)20(26)18-13-1-2-14(11-13)19(18)22/h3-6,13-14,18-19H,1-2,7-12,22H2. The molecule has 146 valence electrons. The normalized spacial score (nSPS) is 29.9. The van der Waals surface area contributed by atoms with Crippen molar-refractivity contribution in [3.8, 4) is 5.75 Å². The summed E-state index contributed by atoms with van der Waals surface area (Å²) in [6, 6.07) is 5.59. The first-order chi connectivity index (χ1) is 13.0. The van der Waals surface area contributed by atoms with Crippen LogP contribution in [-0.2, 0) is 9.59 Å². The van der Waals surface area contributed by atoms with E-state index in [0.717, 1.165) is 19.3 Å². The van der Waals surface area contributed by atoms with Crippen LogP contribution in [0.5, 0.6) is 5.75 Å². The summed E-state index contributed by atoms with van der Waals surface area (Å²) in [7, 11) is 0. The zero-order valence-corrected chi connectivity index (χ0v) is 15.4. The first kappa shape index (κ1) is 18.2. The van der Waals surface area contributed by atoms with Crippen molar-refractivity contribution in [2.75, 3.05) is 32.8 Å². The number of carbonyl (C=O) groups is 2. The average molecular weight is 375 g/mol. The number of hydrogen-bond acceptors (Lipinski definition) is 4. The first-order valence-electron chi connectivity index (χ1n) is 9.73. The summed E-state index contributed by atoms with van der Waals surface area (Å²) in [5, 5.41) is 0. The summed E-state index contributed by atoms with van der Waals surface area (Å²) in [6.45, 7) is 2.01. The minimum absolute atomic E-state index is 0.0000192. The van der Waals surface area contributed by atoms with Crippen LogP contribution in [0.25, 0.3) is 0 Å². The third-order valence-electron chi connectivity index (χ3n) is 6.39. The number of ether oxygens (including phenoxy) is 1. The highest BCUT2D eigenvalue weighted by Gasteiger charge is 2.50. The van der Waals surface area contributed by atoms with Gasteiger partial charge in [0.25, 0.3) is 5.91 Å². The molecule has 6 nitrogen and oxygen atoms in total. The monoisotopic (exact) mass is 375 g/mol. The minimum atomic E-state index is -0.343. The molecule has 0 spiro atoms. The molecule has 4 unspecified atom stereocenters. The van der Waals surface area contributed by atoms with E-state index in [2.05, 4.69) is 0 Å². The number of fused-ring (bicyclic) bond motifs is 2. The highest BCUT2D eigenvalue weighted by atomic mass is 19.1. The van der Waals surface area contributed by atoms with Gasteiger partial charge in [-0.15, -0.1) is 0 Å². The maximum Gasteiger partial charge on any atom is 0.260 e. The Labute approximate surface area is 158 Å². The van der Waals surface area contributed by atoms with Gasteiger partial charge in [0, 0.05) is 32.2 Å². The Morgan fingerprint density at radius 2 is 1.67 bits per heavy atom. The first-order valence-corrected chi connectivity index (χ1v) is 9.73. The highest BCUT2D eigenvalue weighted by molar-refractivity contribution is 5.82. The molecule has 3 fully saturated rings. The Kier molecular flexibility index (Phi) is 5.04. The summed E-state index contributed by atoms with van der Waals surface area (Å²) < 4.78 is 18.3. The molecular formula is C20H26FN3O3. The fourth-order valence-corrected chi connectivity index (χ4v) is 4.86. The van der Waals surface area contributed by atoms with Crippen molar-refractivity contribution in [2.45, 2.75) is 25.3 Å². The molecule has 27 heavy (non-hydrogen) atoms. The number of carbonyl (C=O) groups excluding carboxylic acids is 2. The lowest BCUT2D eigenvalue weighted by Crippen LogP contribution is -2.55. The molecule has 4 atom stereocenters. The highest BCUT2D eigenvalue weighted by Crippen LogP contribution is 2.48. The fraction of sp³-hybridized carbons (Fsp3) is 0.600. The van der Waals surface area contributed by atoms with Crippen LogP contribution < -0.4 is 10.5 Å². The maximum atomic E-state index is 12.9. The van der Waals surface area contributed by atoms with Crippen LogP contribution in [0.3, 0.4) is 0 Å². The van der Waals surface area contributed by atoms with E-state index < -0.39 is 0 Å². The van der Waals surface area contributed by atoms with E-state index in [1.165, 1.54) is 24.3 Å². The van der Waals surface area contributed by atoms with E-state index in [0.29, 0.717) is 43.8 Å². The van der Waals surface area contributed by atoms with Gasteiger partial charge in [-0.1, -0.05) is 0 Å². The molecule has 1 aliphatic heterocycles. The molecule has 1 heterocycles. The molecule has 2 saturated carbocycles. The van der Waals surface area contributed by atoms with E-state index in [1.807, 2.05) is 4.90 Å². The van der Waals surface area contributed by atoms with Crippen molar-refractivity contribution in [2.24, 2.45) is 23.5 Å². The van der Waals surface area contributed by atoms with Crippen molar-refractivity contribution in [3.63, 3.8) is 0 Å². The Balaban J connectivity index is 1.25. The number of hydrogen-bond donors (Lipinski definition) is 1. The molecule has 4 rings (SSSR count). The smallest absolute Gasteiger partial charge is 0.260 e. The Morgan fingerprint density at radius 1 is 1.04 bits per heavy atom. The van der Waals surface area contributed by atoms with Gasteiger partial charge in [0.15, 0.2) is 6.61 Å². The quantitative estimate of drug-likeness (QED) is 0.859. The molecule has 3 aliphatic rings. The lowest BCUT2D eigenvalue weighted by molar-refractivity contribution is -0.144. The van der Waals surface area contributed by atoms with E-state index in [1.54, 1.807) is 4.90 Å². The van der Waals surface area contributed by atoms with Crippen molar-refractivity contribution in [1.82, 2.24) is 9.80 Å². The van der Waals surface area contributed by atoms with Gasteiger partial charge < -0.3 is 20.3 Å². The van der Waals surface area contributed by atoms with E-state index in [9.17, 15) is 14.0 Å². The zero-order chi connectivity index (χ0) is 19.0. The number of halogens is 1. The third kappa shape index (κ3) is 3.65. The molecular weight excluding hydrogens is 349 g/mol. The lowest BCUT2D eigenvalue weighted by atomic mass is 9.84. The summed E-state index contributed by atoms with van der Waals surface area (Å²) in [5.41, 5.74) is 6.30. The zero-order valence-electron chi connectivity index (χ0n) is 15.4. The Morgan fingerprint density at radius 3 is 2.30 bits per heavy atom. The van der Waals surface area contributed by atoms with Gasteiger partial charge in [-0.3, -0.25) is 9.59 Å². The molecule has 1 saturated heterocycles. The average Bonchev–Trinajstić information content (AvgIpc) is 3.28. The third-order valence-corrected chi connectivity index (χ3v) is 6.39. The van der Waals surface area contributed by atoms with Gasteiger partial charge >= 0.3 is 0 Å². The van der Waals surface area contributed by atoms with E-state index in [4.69, 9.17) is 10.5 Å². The minimum Gasteiger partial charge on any atom is -0.484 e.